The molecule has 0 amide bonds. The predicted molar refractivity (Wildman–Crippen MR) is 122 cm³/mol. The Morgan fingerprint density at radius 3 is 2.63 bits per heavy atom. The van der Waals surface area contributed by atoms with Gasteiger partial charge < -0.3 is 20.5 Å². The van der Waals surface area contributed by atoms with Crippen LogP contribution in [0.3, 0.4) is 0 Å². The summed E-state index contributed by atoms with van der Waals surface area (Å²) in [4.78, 5) is 6.81. The standard InChI is InChI=1S/C20H34N4O2.HI/c1-17(2)16-26-19-6-4-18(5-7-19)8-10-23-20(21)22-9-3-11-24-12-14-25-15-13-24;/h4-7,17H,3,8-16H2,1-2H3,(H3,21,22,23);1H. The van der Waals surface area contributed by atoms with Crippen molar-refractivity contribution < 1.29 is 9.47 Å². The Balaban J connectivity index is 0.00000364. The molecule has 0 unspecified atom stereocenters. The molecule has 7 heteroatoms. The van der Waals surface area contributed by atoms with Crippen molar-refractivity contribution in [2.75, 3.05) is 52.5 Å². The molecule has 0 aliphatic carbocycles. The highest BCUT2D eigenvalue weighted by atomic mass is 127. The zero-order valence-corrected chi connectivity index (χ0v) is 19.0. The minimum absolute atomic E-state index is 0. The molecule has 0 radical (unpaired) electrons. The summed E-state index contributed by atoms with van der Waals surface area (Å²) < 4.78 is 11.0. The number of halogens is 1. The Bertz CT molecular complexity index is 531. The van der Waals surface area contributed by atoms with E-state index in [1.165, 1.54) is 5.56 Å². The predicted octanol–water partition coefficient (Wildman–Crippen LogP) is 2.51. The number of morpholine rings is 1. The molecule has 2 rings (SSSR count). The number of ether oxygens (including phenoxy) is 2. The first-order valence-electron chi connectivity index (χ1n) is 9.69. The number of nitrogens with one attached hydrogen (secondary N) is 1. The summed E-state index contributed by atoms with van der Waals surface area (Å²) in [6, 6.07) is 8.27. The third kappa shape index (κ3) is 10.8. The van der Waals surface area contributed by atoms with Crippen molar-refractivity contribution in [1.82, 2.24) is 10.2 Å². The zero-order chi connectivity index (χ0) is 18.6. The monoisotopic (exact) mass is 490 g/mol. The Hall–Kier alpha value is -1.06. The molecule has 1 saturated heterocycles. The molecular formula is C20H35IN4O2. The number of nitrogens with zero attached hydrogens (tertiary/aromatic N) is 2. The summed E-state index contributed by atoms with van der Waals surface area (Å²) in [7, 11) is 0. The van der Waals surface area contributed by atoms with E-state index in [9.17, 15) is 0 Å². The third-order valence-corrected chi connectivity index (χ3v) is 4.24. The van der Waals surface area contributed by atoms with Crippen molar-refractivity contribution in [2.24, 2.45) is 16.6 Å². The molecule has 1 aromatic carbocycles. The van der Waals surface area contributed by atoms with Crippen molar-refractivity contribution in [1.29, 1.82) is 0 Å². The van der Waals surface area contributed by atoms with Gasteiger partial charge in [-0.25, -0.2) is 0 Å². The van der Waals surface area contributed by atoms with Crippen LogP contribution in [0.4, 0.5) is 0 Å². The minimum atomic E-state index is 0. The second-order valence-corrected chi connectivity index (χ2v) is 7.10. The summed E-state index contributed by atoms with van der Waals surface area (Å²) >= 11 is 0. The number of hydrogen-bond acceptors (Lipinski definition) is 4. The SMILES string of the molecule is CC(C)COc1ccc(CCNC(N)=NCCCN2CCOCC2)cc1.I. The van der Waals surface area contributed by atoms with E-state index >= 15 is 0 Å². The molecule has 1 aromatic rings. The summed E-state index contributed by atoms with van der Waals surface area (Å²) in [5.74, 6) is 2.00. The van der Waals surface area contributed by atoms with Gasteiger partial charge in [-0.2, -0.15) is 0 Å². The maximum atomic E-state index is 5.93. The maximum Gasteiger partial charge on any atom is 0.188 e. The molecule has 1 heterocycles. The van der Waals surface area contributed by atoms with E-state index in [0.29, 0.717) is 11.9 Å². The van der Waals surface area contributed by atoms with E-state index in [4.69, 9.17) is 15.2 Å². The number of benzene rings is 1. The van der Waals surface area contributed by atoms with Crippen LogP contribution in [0.1, 0.15) is 25.8 Å². The summed E-state index contributed by atoms with van der Waals surface area (Å²) in [6.45, 7) is 11.4. The molecule has 1 fully saturated rings. The lowest BCUT2D eigenvalue weighted by atomic mass is 10.1. The van der Waals surface area contributed by atoms with Crippen LogP contribution < -0.4 is 15.8 Å². The highest BCUT2D eigenvalue weighted by Crippen LogP contribution is 2.13. The Morgan fingerprint density at radius 1 is 1.26 bits per heavy atom. The van der Waals surface area contributed by atoms with Crippen LogP contribution >= 0.6 is 24.0 Å². The van der Waals surface area contributed by atoms with Crippen LogP contribution in [0.2, 0.25) is 0 Å². The summed E-state index contributed by atoms with van der Waals surface area (Å²) in [6.07, 6.45) is 1.94. The number of aliphatic imine (C=N–C) groups is 1. The Labute approximate surface area is 180 Å². The van der Waals surface area contributed by atoms with E-state index in [1.807, 2.05) is 12.1 Å². The molecule has 154 valence electrons. The van der Waals surface area contributed by atoms with Crippen LogP contribution in [0.5, 0.6) is 5.75 Å². The average Bonchev–Trinajstić information content (AvgIpc) is 2.65. The van der Waals surface area contributed by atoms with Gasteiger partial charge in [0.2, 0.25) is 0 Å². The van der Waals surface area contributed by atoms with Gasteiger partial charge >= 0.3 is 0 Å². The van der Waals surface area contributed by atoms with Crippen LogP contribution in [0, 0.1) is 5.92 Å². The van der Waals surface area contributed by atoms with Crippen LogP contribution in [0.15, 0.2) is 29.3 Å². The van der Waals surface area contributed by atoms with E-state index < -0.39 is 0 Å². The molecule has 0 aromatic heterocycles. The van der Waals surface area contributed by atoms with Gasteiger partial charge in [-0.15, -0.1) is 24.0 Å². The van der Waals surface area contributed by atoms with Crippen molar-refractivity contribution in [3.8, 4) is 5.75 Å². The normalized spacial score (nSPS) is 15.4. The molecule has 0 atom stereocenters. The van der Waals surface area contributed by atoms with Gasteiger partial charge in [0.25, 0.3) is 0 Å². The summed E-state index contributed by atoms with van der Waals surface area (Å²) in [5, 5.41) is 3.19. The van der Waals surface area contributed by atoms with E-state index in [2.05, 4.69) is 41.2 Å². The van der Waals surface area contributed by atoms with Gasteiger partial charge in [0.05, 0.1) is 19.8 Å². The fraction of sp³-hybridized carbons (Fsp3) is 0.650. The summed E-state index contributed by atoms with van der Waals surface area (Å²) in [5.41, 5.74) is 7.19. The van der Waals surface area contributed by atoms with Gasteiger partial charge in [-0.1, -0.05) is 26.0 Å². The topological polar surface area (TPSA) is 72.1 Å². The average molecular weight is 490 g/mol. The van der Waals surface area contributed by atoms with Crippen molar-refractivity contribution in [2.45, 2.75) is 26.7 Å². The van der Waals surface area contributed by atoms with Crippen LogP contribution in [0.25, 0.3) is 0 Å². The van der Waals surface area contributed by atoms with Crippen molar-refractivity contribution >= 4 is 29.9 Å². The first-order valence-corrected chi connectivity index (χ1v) is 9.69. The molecule has 1 aliphatic rings. The molecule has 6 nitrogen and oxygen atoms in total. The van der Waals surface area contributed by atoms with E-state index in [-0.39, 0.29) is 24.0 Å². The highest BCUT2D eigenvalue weighted by molar-refractivity contribution is 14.0. The molecular weight excluding hydrogens is 455 g/mol. The fourth-order valence-electron chi connectivity index (χ4n) is 2.72. The third-order valence-electron chi connectivity index (χ3n) is 4.24. The number of hydrogen-bond donors (Lipinski definition) is 2. The molecule has 0 saturated carbocycles. The molecule has 3 N–H and O–H groups in total. The van der Waals surface area contributed by atoms with Gasteiger partial charge in [0, 0.05) is 32.7 Å². The molecule has 0 bridgehead atoms. The van der Waals surface area contributed by atoms with Crippen molar-refractivity contribution in [3.63, 3.8) is 0 Å². The van der Waals surface area contributed by atoms with Gasteiger partial charge in [-0.05, 0) is 36.5 Å². The smallest absolute Gasteiger partial charge is 0.188 e. The van der Waals surface area contributed by atoms with Gasteiger partial charge in [0.15, 0.2) is 5.96 Å². The minimum Gasteiger partial charge on any atom is -0.493 e. The first-order chi connectivity index (χ1) is 12.6. The lowest BCUT2D eigenvalue weighted by Gasteiger charge is -2.26. The zero-order valence-electron chi connectivity index (χ0n) is 16.7. The molecule has 27 heavy (non-hydrogen) atoms. The van der Waals surface area contributed by atoms with Gasteiger partial charge in [0.1, 0.15) is 5.75 Å². The van der Waals surface area contributed by atoms with Crippen molar-refractivity contribution in [3.05, 3.63) is 29.8 Å². The van der Waals surface area contributed by atoms with Gasteiger partial charge in [-0.3, -0.25) is 9.89 Å². The molecule has 1 aliphatic heterocycles. The highest BCUT2D eigenvalue weighted by Gasteiger charge is 2.08. The number of nitrogens with two attached hydrogens (primary N) is 1. The largest absolute Gasteiger partial charge is 0.493 e. The van der Waals surface area contributed by atoms with E-state index in [1.54, 1.807) is 0 Å². The number of rotatable bonds is 10. The second-order valence-electron chi connectivity index (χ2n) is 7.10. The van der Waals surface area contributed by atoms with E-state index in [0.717, 1.165) is 71.1 Å². The fourth-order valence-corrected chi connectivity index (χ4v) is 2.72. The lowest BCUT2D eigenvalue weighted by molar-refractivity contribution is 0.0377. The van der Waals surface area contributed by atoms with Crippen LogP contribution in [-0.2, 0) is 11.2 Å². The maximum absolute atomic E-state index is 5.93. The second kappa shape index (κ2) is 14.0. The Kier molecular flexibility index (Phi) is 12.4. The first kappa shape index (κ1) is 24.0. The number of guanidine groups is 1. The molecule has 0 spiro atoms. The Morgan fingerprint density at radius 2 is 1.96 bits per heavy atom. The lowest BCUT2D eigenvalue weighted by Crippen LogP contribution is -2.37. The quantitative estimate of drug-likeness (QED) is 0.228. The van der Waals surface area contributed by atoms with Crippen LogP contribution in [-0.4, -0.2) is 63.4 Å².